The topological polar surface area (TPSA) is 85.3 Å². The number of carbonyl (C=O) groups is 1. The normalized spacial score (nSPS) is 15.6. The Hall–Kier alpha value is -3.33. The monoisotopic (exact) mass is 481 g/mol. The molecule has 1 aromatic carbocycles. The lowest BCUT2D eigenvalue weighted by Gasteiger charge is -2.23. The number of aromatic nitrogens is 3. The molecule has 3 N–H and O–H groups in total. The highest BCUT2D eigenvalue weighted by atomic mass is 32.1. The number of hydrogen-bond donors (Lipinski definition) is 2. The molecule has 1 atom stereocenters. The molecular formula is C25H25F2N5OS. The van der Waals surface area contributed by atoms with Gasteiger partial charge in [0.25, 0.3) is 5.91 Å². The molecule has 176 valence electrons. The van der Waals surface area contributed by atoms with Crippen molar-refractivity contribution in [3.8, 4) is 11.1 Å². The van der Waals surface area contributed by atoms with Crippen molar-refractivity contribution < 1.29 is 13.6 Å². The van der Waals surface area contributed by atoms with Crippen molar-refractivity contribution in [1.29, 1.82) is 0 Å². The van der Waals surface area contributed by atoms with Gasteiger partial charge in [0.2, 0.25) is 0 Å². The van der Waals surface area contributed by atoms with Crippen molar-refractivity contribution in [2.45, 2.75) is 52.0 Å². The molecule has 0 saturated carbocycles. The van der Waals surface area contributed by atoms with Crippen molar-refractivity contribution >= 4 is 27.9 Å². The summed E-state index contributed by atoms with van der Waals surface area (Å²) in [6, 6.07) is 7.01. The minimum absolute atomic E-state index is 0.0705. The molecule has 0 spiro atoms. The maximum atomic E-state index is 14.6. The SMILES string of the molecule is Cc1nn2c(C(C)C)c(C(=O)NC3CCCc4sc(N)nc43)ccc2c1-c1c(F)cccc1F. The lowest BCUT2D eigenvalue weighted by atomic mass is 9.96. The molecule has 1 aliphatic rings. The summed E-state index contributed by atoms with van der Waals surface area (Å²) in [5.41, 5.74) is 9.21. The predicted octanol–water partition coefficient (Wildman–Crippen LogP) is 5.56. The van der Waals surface area contributed by atoms with Crippen LogP contribution in [0.15, 0.2) is 30.3 Å². The van der Waals surface area contributed by atoms with Gasteiger partial charge < -0.3 is 11.1 Å². The highest BCUT2D eigenvalue weighted by Gasteiger charge is 2.29. The highest BCUT2D eigenvalue weighted by Crippen LogP contribution is 2.36. The van der Waals surface area contributed by atoms with Crippen LogP contribution in [-0.2, 0) is 6.42 Å². The first-order valence-corrected chi connectivity index (χ1v) is 12.1. The van der Waals surface area contributed by atoms with E-state index >= 15 is 0 Å². The molecule has 1 aliphatic carbocycles. The summed E-state index contributed by atoms with van der Waals surface area (Å²) in [5, 5.41) is 8.23. The molecule has 0 bridgehead atoms. The van der Waals surface area contributed by atoms with Crippen LogP contribution >= 0.6 is 11.3 Å². The number of nitrogens with two attached hydrogens (primary N) is 1. The Labute approximate surface area is 199 Å². The Kier molecular flexibility index (Phi) is 5.59. The number of hydrogen-bond acceptors (Lipinski definition) is 5. The van der Waals surface area contributed by atoms with Crippen LogP contribution in [0.25, 0.3) is 16.6 Å². The maximum absolute atomic E-state index is 14.6. The van der Waals surface area contributed by atoms with Gasteiger partial charge in [0.05, 0.1) is 39.8 Å². The second kappa shape index (κ2) is 8.47. The first-order valence-electron chi connectivity index (χ1n) is 11.3. The van der Waals surface area contributed by atoms with Crippen molar-refractivity contribution in [2.24, 2.45) is 0 Å². The van der Waals surface area contributed by atoms with Gasteiger partial charge in [-0.15, -0.1) is 11.3 Å². The predicted molar refractivity (Wildman–Crippen MR) is 129 cm³/mol. The lowest BCUT2D eigenvalue weighted by Crippen LogP contribution is -2.32. The van der Waals surface area contributed by atoms with Gasteiger partial charge in [-0.25, -0.2) is 18.3 Å². The molecule has 0 aliphatic heterocycles. The number of halogens is 2. The number of nitrogens with one attached hydrogen (secondary N) is 1. The van der Waals surface area contributed by atoms with E-state index in [1.165, 1.54) is 29.5 Å². The number of benzene rings is 1. The molecule has 1 amide bonds. The fourth-order valence-electron chi connectivity index (χ4n) is 4.85. The van der Waals surface area contributed by atoms with Gasteiger partial charge in [0.1, 0.15) is 11.6 Å². The summed E-state index contributed by atoms with van der Waals surface area (Å²) >= 11 is 1.47. The van der Waals surface area contributed by atoms with Gasteiger partial charge in [-0.05, 0) is 56.4 Å². The van der Waals surface area contributed by atoms with Gasteiger partial charge in [-0.2, -0.15) is 5.10 Å². The molecule has 6 nitrogen and oxygen atoms in total. The van der Waals surface area contributed by atoms with E-state index in [2.05, 4.69) is 15.4 Å². The number of nitrogens with zero attached hydrogens (tertiary/aromatic N) is 3. The van der Waals surface area contributed by atoms with Crippen molar-refractivity contribution in [1.82, 2.24) is 19.9 Å². The zero-order valence-electron chi connectivity index (χ0n) is 19.2. The maximum Gasteiger partial charge on any atom is 0.253 e. The number of aryl methyl sites for hydroxylation is 2. The number of fused-ring (bicyclic) bond motifs is 2. The van der Waals surface area contributed by atoms with E-state index in [0.29, 0.717) is 33.2 Å². The second-order valence-electron chi connectivity index (χ2n) is 8.92. The van der Waals surface area contributed by atoms with Crippen LogP contribution < -0.4 is 11.1 Å². The lowest BCUT2D eigenvalue weighted by molar-refractivity contribution is 0.0930. The van der Waals surface area contributed by atoms with Crippen LogP contribution in [0.4, 0.5) is 13.9 Å². The molecule has 1 unspecified atom stereocenters. The smallest absolute Gasteiger partial charge is 0.253 e. The van der Waals surface area contributed by atoms with E-state index in [4.69, 9.17) is 5.73 Å². The molecule has 0 radical (unpaired) electrons. The largest absolute Gasteiger partial charge is 0.375 e. The van der Waals surface area contributed by atoms with E-state index in [-0.39, 0.29) is 23.4 Å². The molecular weight excluding hydrogens is 456 g/mol. The van der Waals surface area contributed by atoms with Crippen molar-refractivity contribution in [3.63, 3.8) is 0 Å². The standard InChI is InChI=1S/C25H25F2N5OS/c1-12(2)23-14(24(33)29-17-8-5-9-19-22(17)30-25(28)34-19)10-11-18-20(13(3)31-32(18)23)21-15(26)6-4-7-16(21)27/h4,6-7,10-12,17H,5,8-9H2,1-3H3,(H2,28,30)(H,29,33). The quantitative estimate of drug-likeness (QED) is 0.400. The number of carbonyl (C=O) groups excluding carboxylic acids is 1. The van der Waals surface area contributed by atoms with E-state index in [1.54, 1.807) is 23.6 Å². The molecule has 3 heterocycles. The highest BCUT2D eigenvalue weighted by molar-refractivity contribution is 7.15. The van der Waals surface area contributed by atoms with Gasteiger partial charge in [0, 0.05) is 10.4 Å². The number of rotatable bonds is 4. The van der Waals surface area contributed by atoms with Crippen molar-refractivity contribution in [2.75, 3.05) is 5.73 Å². The molecule has 5 rings (SSSR count). The number of anilines is 1. The number of amides is 1. The van der Waals surface area contributed by atoms with Crippen LogP contribution in [0.1, 0.15) is 71.0 Å². The van der Waals surface area contributed by atoms with Crippen LogP contribution in [0, 0.1) is 18.6 Å². The molecule has 9 heteroatoms. The number of nitrogen functional groups attached to an aromatic ring is 1. The number of pyridine rings is 1. The molecule has 4 aromatic rings. The molecule has 0 fully saturated rings. The fourth-order valence-corrected chi connectivity index (χ4v) is 5.79. The minimum atomic E-state index is -0.651. The third-order valence-electron chi connectivity index (χ3n) is 6.29. The molecule has 3 aromatic heterocycles. The average Bonchev–Trinajstić information content (AvgIpc) is 3.32. The summed E-state index contributed by atoms with van der Waals surface area (Å²) in [6.45, 7) is 5.64. The van der Waals surface area contributed by atoms with Gasteiger partial charge in [0.15, 0.2) is 5.13 Å². The summed E-state index contributed by atoms with van der Waals surface area (Å²) < 4.78 is 30.9. The zero-order valence-corrected chi connectivity index (χ0v) is 20.0. The van der Waals surface area contributed by atoms with E-state index < -0.39 is 11.6 Å². The van der Waals surface area contributed by atoms with Crippen LogP contribution in [0.3, 0.4) is 0 Å². The van der Waals surface area contributed by atoms with Crippen LogP contribution in [-0.4, -0.2) is 20.5 Å². The van der Waals surface area contributed by atoms with Crippen LogP contribution in [0.5, 0.6) is 0 Å². The first kappa shape index (κ1) is 22.5. The van der Waals surface area contributed by atoms with Crippen LogP contribution in [0.2, 0.25) is 0 Å². The molecule has 0 saturated heterocycles. The van der Waals surface area contributed by atoms with E-state index in [9.17, 15) is 13.6 Å². The number of thiazole rings is 1. The fraction of sp³-hybridized carbons (Fsp3) is 0.320. The third-order valence-corrected chi connectivity index (χ3v) is 7.25. The Morgan fingerprint density at radius 2 is 1.94 bits per heavy atom. The molecule has 34 heavy (non-hydrogen) atoms. The second-order valence-corrected chi connectivity index (χ2v) is 10.0. The summed E-state index contributed by atoms with van der Waals surface area (Å²) in [5.74, 6) is -1.61. The third kappa shape index (κ3) is 3.64. The van der Waals surface area contributed by atoms with Gasteiger partial charge >= 0.3 is 0 Å². The first-order chi connectivity index (χ1) is 16.3. The Balaban J connectivity index is 1.60. The Morgan fingerprint density at radius 1 is 1.21 bits per heavy atom. The van der Waals surface area contributed by atoms with E-state index in [0.717, 1.165) is 29.8 Å². The van der Waals surface area contributed by atoms with Gasteiger partial charge in [-0.1, -0.05) is 19.9 Å². The average molecular weight is 482 g/mol. The van der Waals surface area contributed by atoms with Crippen molar-refractivity contribution in [3.05, 3.63) is 69.5 Å². The van der Waals surface area contributed by atoms with E-state index in [1.807, 2.05) is 13.8 Å². The zero-order chi connectivity index (χ0) is 24.1. The summed E-state index contributed by atoms with van der Waals surface area (Å²) in [7, 11) is 0. The minimum Gasteiger partial charge on any atom is -0.375 e. The summed E-state index contributed by atoms with van der Waals surface area (Å²) in [6.07, 6.45) is 2.66. The van der Waals surface area contributed by atoms with Gasteiger partial charge in [-0.3, -0.25) is 4.79 Å². The Morgan fingerprint density at radius 3 is 2.65 bits per heavy atom. The Bertz CT molecular complexity index is 1400. The summed E-state index contributed by atoms with van der Waals surface area (Å²) in [4.78, 5) is 19.0.